The van der Waals surface area contributed by atoms with Gasteiger partial charge in [0.25, 0.3) is 0 Å². The van der Waals surface area contributed by atoms with Crippen LogP contribution in [0.3, 0.4) is 0 Å². The Labute approximate surface area is 99.9 Å². The minimum atomic E-state index is 0.472. The van der Waals surface area contributed by atoms with Crippen molar-refractivity contribution in [3.63, 3.8) is 0 Å². The Bertz CT molecular complexity index is 285. The first kappa shape index (κ1) is 11.1. The van der Waals surface area contributed by atoms with E-state index in [0.717, 1.165) is 29.1 Å². The van der Waals surface area contributed by atoms with Gasteiger partial charge in [-0.2, -0.15) is 0 Å². The first-order valence-electron chi connectivity index (χ1n) is 7.24. The van der Waals surface area contributed by atoms with E-state index < -0.39 is 0 Å². The van der Waals surface area contributed by atoms with E-state index in [1.807, 2.05) is 0 Å². The van der Waals surface area contributed by atoms with Gasteiger partial charge in [0.2, 0.25) is 0 Å². The Balaban J connectivity index is 1.59. The first-order chi connectivity index (χ1) is 7.58. The van der Waals surface area contributed by atoms with Gasteiger partial charge in [-0.15, -0.1) is 0 Å². The Hall–Kier alpha value is -0.0400. The second-order valence-corrected chi connectivity index (χ2v) is 6.96. The minimum Gasteiger partial charge on any atom is -0.375 e. The van der Waals surface area contributed by atoms with Crippen molar-refractivity contribution >= 4 is 0 Å². The molecule has 0 amide bonds. The number of ether oxygens (including phenoxy) is 1. The Morgan fingerprint density at radius 2 is 2.06 bits per heavy atom. The van der Waals surface area contributed by atoms with Crippen LogP contribution < -0.4 is 0 Å². The maximum Gasteiger partial charge on any atom is 0.0643 e. The molecule has 0 aromatic rings. The molecule has 4 rings (SSSR count). The topological polar surface area (TPSA) is 9.23 Å². The largest absolute Gasteiger partial charge is 0.375 e. The highest BCUT2D eigenvalue weighted by Gasteiger charge is 2.78. The molecule has 6 atom stereocenters. The lowest BCUT2D eigenvalue weighted by Gasteiger charge is -2.22. The average Bonchev–Trinajstić information content (AvgIpc) is 2.55. The molecule has 4 bridgehead atoms. The highest BCUT2D eigenvalue weighted by molar-refractivity contribution is 5.26. The van der Waals surface area contributed by atoms with Gasteiger partial charge in [-0.05, 0) is 61.7 Å². The predicted octanol–water partition coefficient (Wildman–Crippen LogP) is 3.87. The molecule has 0 aromatic carbocycles. The van der Waals surface area contributed by atoms with Gasteiger partial charge in [0.05, 0.1) is 12.2 Å². The lowest BCUT2D eigenvalue weighted by molar-refractivity contribution is -0.0317. The standard InChI is InChI=1S/C15H26O/c1-5-15-8-11-7-12(15)13(15)14(11)16-10(4)6-9(2)3/h9-14H,5-8H2,1-4H3. The maximum atomic E-state index is 6.36. The second kappa shape index (κ2) is 3.48. The van der Waals surface area contributed by atoms with Gasteiger partial charge in [-0.1, -0.05) is 20.8 Å². The van der Waals surface area contributed by atoms with Crippen LogP contribution in [0.1, 0.15) is 53.4 Å². The van der Waals surface area contributed by atoms with Gasteiger partial charge in [-0.25, -0.2) is 0 Å². The molecule has 4 aliphatic carbocycles. The second-order valence-electron chi connectivity index (χ2n) is 6.96. The van der Waals surface area contributed by atoms with Crippen LogP contribution in [-0.4, -0.2) is 12.2 Å². The first-order valence-corrected chi connectivity index (χ1v) is 7.24. The van der Waals surface area contributed by atoms with Gasteiger partial charge >= 0.3 is 0 Å². The Morgan fingerprint density at radius 3 is 2.56 bits per heavy atom. The number of rotatable bonds is 5. The summed E-state index contributed by atoms with van der Waals surface area (Å²) >= 11 is 0. The van der Waals surface area contributed by atoms with E-state index in [4.69, 9.17) is 4.74 Å². The zero-order valence-corrected chi connectivity index (χ0v) is 11.2. The molecule has 0 radical (unpaired) electrons. The summed E-state index contributed by atoms with van der Waals surface area (Å²) in [6.45, 7) is 9.24. The van der Waals surface area contributed by atoms with E-state index in [9.17, 15) is 0 Å². The Morgan fingerprint density at radius 1 is 1.31 bits per heavy atom. The van der Waals surface area contributed by atoms with E-state index >= 15 is 0 Å². The van der Waals surface area contributed by atoms with Crippen LogP contribution in [0.5, 0.6) is 0 Å². The zero-order chi connectivity index (χ0) is 11.5. The van der Waals surface area contributed by atoms with Gasteiger partial charge < -0.3 is 4.74 Å². The molecule has 0 N–H and O–H groups in total. The smallest absolute Gasteiger partial charge is 0.0643 e. The summed E-state index contributed by atoms with van der Waals surface area (Å²) in [5, 5.41) is 0. The van der Waals surface area contributed by atoms with Crippen LogP contribution in [0.25, 0.3) is 0 Å². The van der Waals surface area contributed by atoms with Crippen molar-refractivity contribution in [3.8, 4) is 0 Å². The fourth-order valence-electron chi connectivity index (χ4n) is 5.10. The fraction of sp³-hybridized carbons (Fsp3) is 1.00. The van der Waals surface area contributed by atoms with Crippen molar-refractivity contribution in [1.29, 1.82) is 0 Å². The highest BCUT2D eigenvalue weighted by atomic mass is 16.5. The van der Waals surface area contributed by atoms with Crippen LogP contribution in [0.2, 0.25) is 0 Å². The molecule has 16 heavy (non-hydrogen) atoms. The maximum absolute atomic E-state index is 6.36. The monoisotopic (exact) mass is 222 g/mol. The quantitative estimate of drug-likeness (QED) is 0.686. The van der Waals surface area contributed by atoms with Crippen molar-refractivity contribution in [2.24, 2.45) is 29.1 Å². The van der Waals surface area contributed by atoms with Crippen molar-refractivity contribution in [1.82, 2.24) is 0 Å². The molecule has 0 spiro atoms. The summed E-state index contributed by atoms with van der Waals surface area (Å²) in [6.07, 6.45) is 6.70. The molecule has 1 heteroatoms. The normalized spacial score (nSPS) is 50.1. The summed E-state index contributed by atoms with van der Waals surface area (Å²) < 4.78 is 6.36. The molecule has 4 fully saturated rings. The van der Waals surface area contributed by atoms with Crippen LogP contribution in [0.4, 0.5) is 0 Å². The van der Waals surface area contributed by atoms with Gasteiger partial charge in [0, 0.05) is 0 Å². The predicted molar refractivity (Wildman–Crippen MR) is 66.2 cm³/mol. The van der Waals surface area contributed by atoms with Gasteiger partial charge in [0.1, 0.15) is 0 Å². The minimum absolute atomic E-state index is 0.472. The lowest BCUT2D eigenvalue weighted by Crippen LogP contribution is -2.24. The van der Waals surface area contributed by atoms with Crippen LogP contribution in [0.15, 0.2) is 0 Å². The van der Waals surface area contributed by atoms with Gasteiger partial charge in [0.15, 0.2) is 0 Å². The van der Waals surface area contributed by atoms with E-state index in [0.29, 0.717) is 12.2 Å². The number of hydrogen-bond acceptors (Lipinski definition) is 1. The lowest BCUT2D eigenvalue weighted by atomic mass is 10.0. The molecule has 0 aromatic heterocycles. The Kier molecular flexibility index (Phi) is 2.41. The summed E-state index contributed by atoms with van der Waals surface area (Å²) in [7, 11) is 0. The molecule has 1 nitrogen and oxygen atoms in total. The molecule has 92 valence electrons. The molecule has 0 aliphatic heterocycles. The third-order valence-corrected chi connectivity index (χ3v) is 5.60. The average molecular weight is 222 g/mol. The number of hydrogen-bond donors (Lipinski definition) is 0. The van der Waals surface area contributed by atoms with Crippen molar-refractivity contribution in [2.45, 2.75) is 65.6 Å². The van der Waals surface area contributed by atoms with E-state index in [1.165, 1.54) is 25.7 Å². The van der Waals surface area contributed by atoms with Crippen molar-refractivity contribution in [2.75, 3.05) is 0 Å². The molecule has 0 saturated heterocycles. The van der Waals surface area contributed by atoms with E-state index in [2.05, 4.69) is 27.7 Å². The van der Waals surface area contributed by atoms with Crippen molar-refractivity contribution in [3.05, 3.63) is 0 Å². The summed E-state index contributed by atoms with van der Waals surface area (Å²) in [6, 6.07) is 0. The summed E-state index contributed by atoms with van der Waals surface area (Å²) in [4.78, 5) is 0. The highest BCUT2D eigenvalue weighted by Crippen LogP contribution is 2.81. The molecule has 0 heterocycles. The molecular formula is C15H26O. The summed E-state index contributed by atoms with van der Waals surface area (Å²) in [5.74, 6) is 3.70. The molecule has 4 saturated carbocycles. The third kappa shape index (κ3) is 1.33. The molecular weight excluding hydrogens is 196 g/mol. The zero-order valence-electron chi connectivity index (χ0n) is 11.2. The molecule has 4 aliphatic rings. The SMILES string of the molecule is CCC12CC3CC1C2C3OC(C)CC(C)C. The summed E-state index contributed by atoms with van der Waals surface area (Å²) in [5.41, 5.74) is 0.757. The molecule has 6 unspecified atom stereocenters. The van der Waals surface area contributed by atoms with Crippen LogP contribution in [0, 0.1) is 29.1 Å². The van der Waals surface area contributed by atoms with Gasteiger partial charge in [-0.3, -0.25) is 0 Å². The van der Waals surface area contributed by atoms with E-state index in [1.54, 1.807) is 0 Å². The third-order valence-electron chi connectivity index (χ3n) is 5.60. The van der Waals surface area contributed by atoms with E-state index in [-0.39, 0.29) is 0 Å². The fourth-order valence-corrected chi connectivity index (χ4v) is 5.10. The van der Waals surface area contributed by atoms with Crippen LogP contribution in [-0.2, 0) is 4.74 Å². The van der Waals surface area contributed by atoms with Crippen molar-refractivity contribution < 1.29 is 4.74 Å². The van der Waals surface area contributed by atoms with Crippen LogP contribution >= 0.6 is 0 Å².